The molecular weight excluding hydrogens is 473 g/mol. The van der Waals surface area contributed by atoms with Gasteiger partial charge in [-0.1, -0.05) is 29.3 Å². The van der Waals surface area contributed by atoms with Crippen LogP contribution < -0.4 is 5.32 Å². The summed E-state index contributed by atoms with van der Waals surface area (Å²) in [6, 6.07) is 11.5. The lowest BCUT2D eigenvalue weighted by Gasteiger charge is -2.10. The normalized spacial score (nSPS) is 10.9. The summed E-state index contributed by atoms with van der Waals surface area (Å²) in [5.74, 6) is -1.17. The minimum absolute atomic E-state index is 0.185. The molecule has 10 heteroatoms. The van der Waals surface area contributed by atoms with E-state index < -0.39 is 11.9 Å². The van der Waals surface area contributed by atoms with Crippen molar-refractivity contribution in [2.24, 2.45) is 0 Å². The van der Waals surface area contributed by atoms with E-state index in [1.54, 1.807) is 23.6 Å². The first-order valence-electron chi connectivity index (χ1n) is 8.96. The third kappa shape index (κ3) is 5.08. The highest BCUT2D eigenvalue weighted by Gasteiger charge is 2.16. The maximum Gasteiger partial charge on any atom is 0.339 e. The maximum absolute atomic E-state index is 12.1. The summed E-state index contributed by atoms with van der Waals surface area (Å²) < 4.78 is 9.50. The summed E-state index contributed by atoms with van der Waals surface area (Å²) in [5, 5.41) is 15.6. The first-order chi connectivity index (χ1) is 15.4. The van der Waals surface area contributed by atoms with Gasteiger partial charge in [-0.15, -0.1) is 11.3 Å². The zero-order valence-corrected chi connectivity index (χ0v) is 19.1. The highest BCUT2D eigenvalue weighted by atomic mass is 35.5. The monoisotopic (exact) mass is 487 g/mol. The first kappa shape index (κ1) is 23.3. The maximum atomic E-state index is 12.1. The number of nitrogens with zero attached hydrogens (tertiary/aromatic N) is 2. The van der Waals surface area contributed by atoms with Crippen molar-refractivity contribution in [3.05, 3.63) is 74.2 Å². The van der Waals surface area contributed by atoms with E-state index in [0.717, 1.165) is 5.56 Å². The molecule has 32 heavy (non-hydrogen) atoms. The lowest BCUT2D eigenvalue weighted by atomic mass is 10.1. The van der Waals surface area contributed by atoms with Gasteiger partial charge in [-0.25, -0.2) is 14.6 Å². The van der Waals surface area contributed by atoms with Crippen molar-refractivity contribution in [2.75, 3.05) is 19.5 Å². The molecule has 3 aromatic rings. The number of rotatable bonds is 6. The van der Waals surface area contributed by atoms with Crippen LogP contribution in [0.1, 0.15) is 25.7 Å². The molecule has 0 spiro atoms. The van der Waals surface area contributed by atoms with E-state index in [1.807, 2.05) is 0 Å². The zero-order chi connectivity index (χ0) is 23.3. The molecule has 7 nitrogen and oxygen atoms in total. The van der Waals surface area contributed by atoms with Gasteiger partial charge >= 0.3 is 11.9 Å². The third-order valence-corrected chi connectivity index (χ3v) is 5.90. The van der Waals surface area contributed by atoms with Crippen LogP contribution in [0.25, 0.3) is 16.8 Å². The minimum atomic E-state index is -0.605. The minimum Gasteiger partial charge on any atom is -0.465 e. The number of ether oxygens (including phenoxy) is 2. The van der Waals surface area contributed by atoms with E-state index in [2.05, 4.69) is 16.4 Å². The highest BCUT2D eigenvalue weighted by Crippen LogP contribution is 2.31. The predicted molar refractivity (Wildman–Crippen MR) is 124 cm³/mol. The molecule has 1 N–H and O–H groups in total. The van der Waals surface area contributed by atoms with Gasteiger partial charge in [-0.2, -0.15) is 5.26 Å². The standard InChI is InChI=1S/C22H15Cl2N3O4S/c1-30-21(28)13-3-5-15(22(29)31-2)18(8-13)26-10-14(9-25)20-27-19(11-32-20)12-4-6-16(23)17(24)7-12/h3-8,10-11,26H,1-2H3. The molecule has 0 radical (unpaired) electrons. The van der Waals surface area contributed by atoms with Gasteiger partial charge in [-0.05, 0) is 30.3 Å². The number of methoxy groups -OCH3 is 2. The molecule has 1 heterocycles. The van der Waals surface area contributed by atoms with Gasteiger partial charge < -0.3 is 14.8 Å². The molecule has 1 aromatic heterocycles. The van der Waals surface area contributed by atoms with Crippen molar-refractivity contribution in [1.82, 2.24) is 4.98 Å². The van der Waals surface area contributed by atoms with Gasteiger partial charge in [0.25, 0.3) is 0 Å². The Morgan fingerprint density at radius 1 is 1.09 bits per heavy atom. The molecule has 0 aliphatic rings. The Bertz CT molecular complexity index is 1260. The van der Waals surface area contributed by atoms with Gasteiger partial charge in [0, 0.05) is 17.1 Å². The Morgan fingerprint density at radius 3 is 2.50 bits per heavy atom. The summed E-state index contributed by atoms with van der Waals surface area (Å²) in [7, 11) is 2.50. The Morgan fingerprint density at radius 2 is 1.84 bits per heavy atom. The summed E-state index contributed by atoms with van der Waals surface area (Å²) >= 11 is 13.3. The van der Waals surface area contributed by atoms with E-state index in [9.17, 15) is 14.9 Å². The zero-order valence-electron chi connectivity index (χ0n) is 16.8. The van der Waals surface area contributed by atoms with Gasteiger partial charge in [-0.3, -0.25) is 0 Å². The van der Waals surface area contributed by atoms with Crippen molar-refractivity contribution >= 4 is 57.7 Å². The second-order valence-corrected chi connectivity index (χ2v) is 7.90. The third-order valence-electron chi connectivity index (χ3n) is 4.29. The van der Waals surface area contributed by atoms with Gasteiger partial charge in [0.05, 0.1) is 46.8 Å². The summed E-state index contributed by atoms with van der Waals surface area (Å²) in [5.41, 5.74) is 2.29. The average molecular weight is 488 g/mol. The van der Waals surface area contributed by atoms with Crippen LogP contribution >= 0.6 is 34.5 Å². The molecule has 0 bridgehead atoms. The largest absolute Gasteiger partial charge is 0.465 e. The van der Waals surface area contributed by atoms with Crippen LogP contribution in [0.2, 0.25) is 10.0 Å². The number of hydrogen-bond acceptors (Lipinski definition) is 8. The second kappa shape index (κ2) is 10.3. The van der Waals surface area contributed by atoms with Crippen LogP contribution in [-0.2, 0) is 9.47 Å². The van der Waals surface area contributed by atoms with Crippen LogP contribution in [0.4, 0.5) is 5.69 Å². The van der Waals surface area contributed by atoms with Crippen molar-refractivity contribution < 1.29 is 19.1 Å². The molecule has 162 valence electrons. The van der Waals surface area contributed by atoms with E-state index in [4.69, 9.17) is 32.7 Å². The lowest BCUT2D eigenvalue weighted by Crippen LogP contribution is -2.08. The fraction of sp³-hybridized carbons (Fsp3) is 0.0909. The fourth-order valence-electron chi connectivity index (χ4n) is 2.67. The second-order valence-electron chi connectivity index (χ2n) is 6.22. The van der Waals surface area contributed by atoms with Gasteiger partial charge in [0.2, 0.25) is 0 Å². The number of carbonyl (C=O) groups excluding carboxylic acids is 2. The molecule has 0 saturated carbocycles. The highest BCUT2D eigenvalue weighted by molar-refractivity contribution is 7.11. The molecule has 0 unspecified atom stereocenters. The van der Waals surface area contributed by atoms with Crippen LogP contribution in [0.15, 0.2) is 48.0 Å². The quantitative estimate of drug-likeness (QED) is 0.353. The first-order valence-corrected chi connectivity index (χ1v) is 10.6. The van der Waals surface area contributed by atoms with Gasteiger partial charge in [0.15, 0.2) is 0 Å². The molecule has 0 saturated heterocycles. The number of halogens is 2. The Kier molecular flexibility index (Phi) is 7.49. The van der Waals surface area contributed by atoms with Crippen molar-refractivity contribution in [3.8, 4) is 17.3 Å². The van der Waals surface area contributed by atoms with Crippen LogP contribution in [0.3, 0.4) is 0 Å². The predicted octanol–water partition coefficient (Wildman–Crippen LogP) is 5.67. The average Bonchev–Trinajstić information content (AvgIpc) is 3.30. The molecule has 0 fully saturated rings. The number of carbonyl (C=O) groups is 2. The van der Waals surface area contributed by atoms with E-state index >= 15 is 0 Å². The molecule has 2 aromatic carbocycles. The number of thiazole rings is 1. The number of esters is 2. The SMILES string of the molecule is COC(=O)c1ccc(C(=O)OC)c(NC=C(C#N)c2nc(-c3ccc(Cl)c(Cl)c3)cs2)c1. The molecule has 0 amide bonds. The van der Waals surface area contributed by atoms with Crippen molar-refractivity contribution in [1.29, 1.82) is 5.26 Å². The number of hydrogen-bond donors (Lipinski definition) is 1. The Labute approximate surface area is 197 Å². The number of allylic oxidation sites excluding steroid dienone is 1. The Hall–Kier alpha value is -3.38. The van der Waals surface area contributed by atoms with Gasteiger partial charge in [0.1, 0.15) is 16.6 Å². The van der Waals surface area contributed by atoms with E-state index in [1.165, 1.54) is 50.0 Å². The molecule has 0 aliphatic heterocycles. The van der Waals surface area contributed by atoms with Crippen LogP contribution in [0, 0.1) is 11.3 Å². The van der Waals surface area contributed by atoms with Crippen molar-refractivity contribution in [3.63, 3.8) is 0 Å². The lowest BCUT2D eigenvalue weighted by molar-refractivity contribution is 0.0587. The van der Waals surface area contributed by atoms with Crippen molar-refractivity contribution in [2.45, 2.75) is 0 Å². The summed E-state index contributed by atoms with van der Waals surface area (Å²) in [6.45, 7) is 0. The van der Waals surface area contributed by atoms with Crippen LogP contribution in [-0.4, -0.2) is 31.1 Å². The molecule has 0 atom stereocenters. The number of nitrogens with one attached hydrogen (secondary N) is 1. The molecule has 0 aliphatic carbocycles. The van der Waals surface area contributed by atoms with E-state index in [-0.39, 0.29) is 22.4 Å². The number of aromatic nitrogens is 1. The Balaban J connectivity index is 1.93. The molecular formula is C22H15Cl2N3O4S. The fourth-order valence-corrected chi connectivity index (χ4v) is 3.77. The molecule has 3 rings (SSSR count). The number of nitriles is 1. The smallest absolute Gasteiger partial charge is 0.339 e. The summed E-state index contributed by atoms with van der Waals surface area (Å²) in [4.78, 5) is 28.4. The van der Waals surface area contributed by atoms with Crippen LogP contribution in [0.5, 0.6) is 0 Å². The number of benzene rings is 2. The van der Waals surface area contributed by atoms with E-state index in [0.29, 0.717) is 20.7 Å². The number of anilines is 1. The summed E-state index contributed by atoms with van der Waals surface area (Å²) in [6.07, 6.45) is 1.40. The topological polar surface area (TPSA) is 101 Å².